The molecule has 0 aliphatic heterocycles. The van der Waals surface area contributed by atoms with Crippen LogP contribution in [-0.4, -0.2) is 25.7 Å². The maximum Gasteiger partial charge on any atom is 0.267 e. The Morgan fingerprint density at radius 1 is 1.21 bits per heavy atom. The van der Waals surface area contributed by atoms with Gasteiger partial charge in [-0.1, -0.05) is 0 Å². The monoisotopic (exact) mass is 280 g/mol. The van der Waals surface area contributed by atoms with E-state index in [4.69, 9.17) is 5.73 Å². The second-order valence-electron chi connectivity index (χ2n) is 4.33. The van der Waals surface area contributed by atoms with Crippen LogP contribution < -0.4 is 10.0 Å². The second kappa shape index (κ2) is 4.58. The molecule has 0 aliphatic carbocycles. The molecule has 0 fully saturated rings. The number of benzene rings is 1. The van der Waals surface area contributed by atoms with Gasteiger partial charge in [0, 0.05) is 12.7 Å². The van der Waals surface area contributed by atoms with Crippen LogP contribution in [-0.2, 0) is 10.0 Å². The summed E-state index contributed by atoms with van der Waals surface area (Å²) in [7, 11) is -2.12. The lowest BCUT2D eigenvalue weighted by Crippen LogP contribution is -2.27. The fourth-order valence-electron chi connectivity index (χ4n) is 1.88. The van der Waals surface area contributed by atoms with Gasteiger partial charge in [-0.05, 0) is 38.1 Å². The Morgan fingerprint density at radius 3 is 2.26 bits per heavy atom. The molecular weight excluding hydrogens is 264 g/mol. The van der Waals surface area contributed by atoms with E-state index in [2.05, 4.69) is 10.2 Å². The van der Waals surface area contributed by atoms with Crippen LogP contribution >= 0.6 is 0 Å². The van der Waals surface area contributed by atoms with E-state index in [0.717, 1.165) is 0 Å². The summed E-state index contributed by atoms with van der Waals surface area (Å²) in [6, 6.07) is 6.65. The van der Waals surface area contributed by atoms with Crippen molar-refractivity contribution in [1.82, 2.24) is 10.2 Å². The molecule has 0 radical (unpaired) electrons. The highest BCUT2D eigenvalue weighted by molar-refractivity contribution is 7.92. The molecular formula is C12H16N4O2S. The highest BCUT2D eigenvalue weighted by Gasteiger charge is 2.27. The first-order valence-electron chi connectivity index (χ1n) is 5.70. The van der Waals surface area contributed by atoms with Gasteiger partial charge in [-0.3, -0.25) is 9.40 Å². The zero-order valence-electron chi connectivity index (χ0n) is 11.0. The van der Waals surface area contributed by atoms with Gasteiger partial charge in [0.05, 0.1) is 17.1 Å². The van der Waals surface area contributed by atoms with Gasteiger partial charge in [-0.25, -0.2) is 8.42 Å². The van der Waals surface area contributed by atoms with Crippen molar-refractivity contribution in [2.24, 2.45) is 0 Å². The Morgan fingerprint density at radius 2 is 1.79 bits per heavy atom. The minimum atomic E-state index is -3.62. The minimum absolute atomic E-state index is 0.215. The molecule has 6 nitrogen and oxygen atoms in total. The first-order valence-corrected chi connectivity index (χ1v) is 7.14. The Balaban J connectivity index is 2.48. The van der Waals surface area contributed by atoms with Crippen molar-refractivity contribution in [3.63, 3.8) is 0 Å². The summed E-state index contributed by atoms with van der Waals surface area (Å²) in [5, 5.41) is 6.60. The summed E-state index contributed by atoms with van der Waals surface area (Å²) >= 11 is 0. The molecule has 0 saturated heterocycles. The van der Waals surface area contributed by atoms with Crippen molar-refractivity contribution in [2.75, 3.05) is 17.1 Å². The fraction of sp³-hybridized carbons (Fsp3) is 0.250. The molecule has 1 aromatic carbocycles. The van der Waals surface area contributed by atoms with Crippen LogP contribution in [0.25, 0.3) is 0 Å². The molecule has 19 heavy (non-hydrogen) atoms. The molecule has 0 bridgehead atoms. The lowest BCUT2D eigenvalue weighted by atomic mass is 10.3. The van der Waals surface area contributed by atoms with Crippen molar-refractivity contribution < 1.29 is 8.42 Å². The predicted octanol–water partition coefficient (Wildman–Crippen LogP) is 1.43. The molecule has 0 aliphatic rings. The second-order valence-corrected chi connectivity index (χ2v) is 6.23. The van der Waals surface area contributed by atoms with E-state index in [-0.39, 0.29) is 4.90 Å². The molecule has 2 aromatic rings. The number of aromatic nitrogens is 2. The van der Waals surface area contributed by atoms with E-state index in [9.17, 15) is 8.42 Å². The van der Waals surface area contributed by atoms with E-state index in [1.54, 1.807) is 38.1 Å². The average Bonchev–Trinajstić information content (AvgIpc) is 2.69. The third kappa shape index (κ3) is 2.28. The van der Waals surface area contributed by atoms with Gasteiger partial charge in [-0.2, -0.15) is 5.10 Å². The lowest BCUT2D eigenvalue weighted by Gasteiger charge is -2.19. The van der Waals surface area contributed by atoms with Gasteiger partial charge in [0.2, 0.25) is 0 Å². The van der Waals surface area contributed by atoms with Crippen molar-refractivity contribution in [1.29, 1.82) is 0 Å². The van der Waals surface area contributed by atoms with Crippen LogP contribution in [0.3, 0.4) is 0 Å². The number of nitrogens with zero attached hydrogens (tertiary/aromatic N) is 2. The number of nitrogens with one attached hydrogen (secondary N) is 1. The highest BCUT2D eigenvalue weighted by Crippen LogP contribution is 2.25. The van der Waals surface area contributed by atoms with E-state index < -0.39 is 10.0 Å². The number of anilines is 2. The number of hydrogen-bond acceptors (Lipinski definition) is 4. The molecule has 3 N–H and O–H groups in total. The zero-order chi connectivity index (χ0) is 14.2. The Bertz CT molecular complexity index is 670. The molecule has 0 atom stereocenters. The fourth-order valence-corrected chi connectivity index (χ4v) is 3.41. The summed E-state index contributed by atoms with van der Waals surface area (Å²) in [4.78, 5) is 0.215. The number of H-pyrrole nitrogens is 1. The minimum Gasteiger partial charge on any atom is -0.399 e. The third-order valence-electron chi connectivity index (χ3n) is 2.94. The maximum absolute atomic E-state index is 12.6. The van der Waals surface area contributed by atoms with E-state index >= 15 is 0 Å². The van der Waals surface area contributed by atoms with Crippen molar-refractivity contribution in [3.05, 3.63) is 35.7 Å². The van der Waals surface area contributed by atoms with Gasteiger partial charge in [0.1, 0.15) is 4.90 Å². The smallest absolute Gasteiger partial charge is 0.267 e. The van der Waals surface area contributed by atoms with E-state index in [1.165, 1.54) is 11.4 Å². The quantitative estimate of drug-likeness (QED) is 0.832. The molecule has 0 amide bonds. The van der Waals surface area contributed by atoms with Crippen molar-refractivity contribution in [2.45, 2.75) is 18.7 Å². The molecule has 0 saturated carbocycles. The number of nitrogen functional groups attached to an aromatic ring is 1. The largest absolute Gasteiger partial charge is 0.399 e. The Hall–Kier alpha value is -2.02. The summed E-state index contributed by atoms with van der Waals surface area (Å²) in [6.45, 7) is 3.34. The number of nitrogens with two attached hydrogens (primary N) is 1. The maximum atomic E-state index is 12.6. The van der Waals surface area contributed by atoms with Crippen LogP contribution in [0.4, 0.5) is 11.4 Å². The third-order valence-corrected chi connectivity index (χ3v) is 4.99. The lowest BCUT2D eigenvalue weighted by molar-refractivity contribution is 0.593. The Kier molecular flexibility index (Phi) is 3.23. The first-order chi connectivity index (χ1) is 8.84. The summed E-state index contributed by atoms with van der Waals surface area (Å²) < 4.78 is 26.3. The number of rotatable bonds is 3. The predicted molar refractivity (Wildman–Crippen MR) is 74.5 cm³/mol. The van der Waals surface area contributed by atoms with Crippen LogP contribution in [0.5, 0.6) is 0 Å². The number of aromatic amines is 1. The molecule has 0 spiro atoms. The molecule has 1 aromatic heterocycles. The average molecular weight is 280 g/mol. The summed E-state index contributed by atoms with van der Waals surface area (Å²) in [5.41, 5.74) is 7.72. The van der Waals surface area contributed by atoms with E-state index in [1.807, 2.05) is 0 Å². The molecule has 1 heterocycles. The topological polar surface area (TPSA) is 92.1 Å². The molecule has 102 valence electrons. The number of hydrogen-bond donors (Lipinski definition) is 2. The van der Waals surface area contributed by atoms with E-state index in [0.29, 0.717) is 22.8 Å². The molecule has 2 rings (SSSR count). The molecule has 0 unspecified atom stereocenters. The highest BCUT2D eigenvalue weighted by atomic mass is 32.2. The standard InChI is InChI=1S/C12H16N4O2S/c1-8-12(9(2)15-14-8)19(17,18)16(3)11-6-4-10(13)5-7-11/h4-7H,13H2,1-3H3,(H,14,15). The van der Waals surface area contributed by atoms with Gasteiger partial charge >= 0.3 is 0 Å². The van der Waals surface area contributed by atoms with Crippen LogP contribution in [0.15, 0.2) is 29.2 Å². The molecule has 7 heteroatoms. The summed E-state index contributed by atoms with van der Waals surface area (Å²) in [5.74, 6) is 0. The van der Waals surface area contributed by atoms with Crippen molar-refractivity contribution in [3.8, 4) is 0 Å². The first kappa shape index (κ1) is 13.4. The van der Waals surface area contributed by atoms with Crippen molar-refractivity contribution >= 4 is 21.4 Å². The SMILES string of the molecule is Cc1n[nH]c(C)c1S(=O)(=O)N(C)c1ccc(N)cc1. The number of sulfonamides is 1. The van der Waals surface area contributed by atoms with Gasteiger partial charge in [0.25, 0.3) is 10.0 Å². The Labute approximate surface area is 112 Å². The van der Waals surface area contributed by atoms with Crippen LogP contribution in [0, 0.1) is 13.8 Å². The normalized spacial score (nSPS) is 11.5. The zero-order valence-corrected chi connectivity index (χ0v) is 11.8. The van der Waals surface area contributed by atoms with Crippen LogP contribution in [0.2, 0.25) is 0 Å². The summed E-state index contributed by atoms with van der Waals surface area (Å²) in [6.07, 6.45) is 0. The van der Waals surface area contributed by atoms with Gasteiger partial charge in [0.15, 0.2) is 0 Å². The van der Waals surface area contributed by atoms with Gasteiger partial charge < -0.3 is 5.73 Å². The van der Waals surface area contributed by atoms with Crippen LogP contribution in [0.1, 0.15) is 11.4 Å². The number of aryl methyl sites for hydroxylation is 2. The van der Waals surface area contributed by atoms with Gasteiger partial charge in [-0.15, -0.1) is 0 Å².